The van der Waals surface area contributed by atoms with Crippen molar-refractivity contribution in [1.29, 1.82) is 0 Å². The number of morpholine rings is 1. The van der Waals surface area contributed by atoms with Gasteiger partial charge in [0.25, 0.3) is 5.91 Å². The van der Waals surface area contributed by atoms with Crippen LogP contribution in [0.15, 0.2) is 48.5 Å². The van der Waals surface area contributed by atoms with Crippen LogP contribution in [0.4, 0.5) is 8.78 Å². The van der Waals surface area contributed by atoms with E-state index in [1.807, 2.05) is 0 Å². The fraction of sp³-hybridized carbons (Fsp3) is 0.440. The Morgan fingerprint density at radius 2 is 1.61 bits per heavy atom. The van der Waals surface area contributed by atoms with E-state index in [4.69, 9.17) is 4.74 Å². The van der Waals surface area contributed by atoms with Crippen molar-refractivity contribution in [3.63, 3.8) is 0 Å². The van der Waals surface area contributed by atoms with Crippen molar-refractivity contribution in [1.82, 2.24) is 15.5 Å². The third-order valence-electron chi connectivity index (χ3n) is 6.36. The normalized spacial score (nSPS) is 20.6. The van der Waals surface area contributed by atoms with Gasteiger partial charge in [-0.25, -0.2) is 17.2 Å². The zero-order valence-electron chi connectivity index (χ0n) is 19.7. The van der Waals surface area contributed by atoms with E-state index in [9.17, 15) is 26.8 Å². The van der Waals surface area contributed by atoms with Gasteiger partial charge >= 0.3 is 0 Å². The number of nitrogens with one attached hydrogen (secondary N) is 2. The van der Waals surface area contributed by atoms with Crippen LogP contribution in [-0.4, -0.2) is 81.6 Å². The second-order valence-electron chi connectivity index (χ2n) is 9.04. The molecule has 0 radical (unpaired) electrons. The third kappa shape index (κ3) is 7.08. The molecular formula is C25H29F2N3O5S. The molecule has 8 nitrogen and oxygen atoms in total. The molecule has 2 aromatic rings. The molecule has 2 N–H and O–H groups in total. The molecule has 2 aliphatic rings. The third-order valence-corrected chi connectivity index (χ3v) is 8.03. The minimum absolute atomic E-state index is 0.106. The Labute approximate surface area is 208 Å². The molecule has 1 aliphatic carbocycles. The maximum atomic E-state index is 13.2. The van der Waals surface area contributed by atoms with Gasteiger partial charge in [0.05, 0.1) is 24.7 Å². The SMILES string of the molecule is O=C(NC(CS(=O)(=O)CCNC1CC1c1ccc(F)cc1)C(=O)N1CCOCC1)c1ccc(F)cc1. The maximum absolute atomic E-state index is 13.2. The molecule has 36 heavy (non-hydrogen) atoms. The molecule has 194 valence electrons. The average molecular weight is 522 g/mol. The van der Waals surface area contributed by atoms with Crippen molar-refractivity contribution >= 4 is 21.7 Å². The van der Waals surface area contributed by atoms with Gasteiger partial charge in [0, 0.05) is 37.2 Å². The summed E-state index contributed by atoms with van der Waals surface area (Å²) >= 11 is 0. The molecule has 0 aromatic heterocycles. The van der Waals surface area contributed by atoms with Gasteiger partial charge in [-0.15, -0.1) is 0 Å². The predicted molar refractivity (Wildman–Crippen MR) is 129 cm³/mol. The molecular weight excluding hydrogens is 492 g/mol. The first-order valence-electron chi connectivity index (χ1n) is 11.8. The predicted octanol–water partition coefficient (Wildman–Crippen LogP) is 1.48. The van der Waals surface area contributed by atoms with E-state index < -0.39 is 39.3 Å². The summed E-state index contributed by atoms with van der Waals surface area (Å²) in [6, 6.07) is 9.86. The van der Waals surface area contributed by atoms with E-state index in [0.29, 0.717) is 26.3 Å². The minimum atomic E-state index is -3.72. The summed E-state index contributed by atoms with van der Waals surface area (Å²) < 4.78 is 57.4. The van der Waals surface area contributed by atoms with Gasteiger partial charge in [-0.1, -0.05) is 12.1 Å². The molecule has 0 bridgehead atoms. The second kappa shape index (κ2) is 11.4. The molecule has 0 spiro atoms. The number of hydrogen-bond acceptors (Lipinski definition) is 6. The number of halogens is 2. The van der Waals surface area contributed by atoms with Gasteiger partial charge in [-0.3, -0.25) is 9.59 Å². The van der Waals surface area contributed by atoms with Crippen molar-refractivity contribution in [3.8, 4) is 0 Å². The smallest absolute Gasteiger partial charge is 0.251 e. The van der Waals surface area contributed by atoms with Gasteiger partial charge in [-0.2, -0.15) is 0 Å². The summed E-state index contributed by atoms with van der Waals surface area (Å²) in [6.07, 6.45) is 0.831. The van der Waals surface area contributed by atoms with Gasteiger partial charge in [0.2, 0.25) is 5.91 Å². The fourth-order valence-electron chi connectivity index (χ4n) is 4.26. The van der Waals surface area contributed by atoms with E-state index in [0.717, 1.165) is 24.1 Å². The molecule has 3 atom stereocenters. The number of carbonyl (C=O) groups is 2. The lowest BCUT2D eigenvalue weighted by atomic mass is 10.1. The van der Waals surface area contributed by atoms with E-state index >= 15 is 0 Å². The Bertz CT molecular complexity index is 1170. The summed E-state index contributed by atoms with van der Waals surface area (Å²) in [5, 5.41) is 5.73. The summed E-state index contributed by atoms with van der Waals surface area (Å²) in [4.78, 5) is 27.3. The number of hydrogen-bond donors (Lipinski definition) is 2. The molecule has 4 rings (SSSR count). The first-order chi connectivity index (χ1) is 17.2. The van der Waals surface area contributed by atoms with Gasteiger partial charge in [0.1, 0.15) is 17.7 Å². The Kier molecular flexibility index (Phi) is 8.32. The molecule has 11 heteroatoms. The van der Waals surface area contributed by atoms with Crippen LogP contribution in [-0.2, 0) is 19.4 Å². The number of nitrogens with zero attached hydrogens (tertiary/aromatic N) is 1. The minimum Gasteiger partial charge on any atom is -0.378 e. The van der Waals surface area contributed by atoms with Crippen molar-refractivity contribution < 1.29 is 31.5 Å². The standard InChI is InChI=1S/C25H29F2N3O5S/c26-19-5-1-17(2-6-19)21-15-22(21)28-9-14-36(33,34)16-23(25(32)30-10-12-35-13-11-30)29-24(31)18-3-7-20(27)8-4-18/h1-8,21-23,28H,9-16H2,(H,29,31). The number of amides is 2. The van der Waals surface area contributed by atoms with E-state index in [1.54, 1.807) is 12.1 Å². The highest BCUT2D eigenvalue weighted by Gasteiger charge is 2.38. The summed E-state index contributed by atoms with van der Waals surface area (Å²) in [5.74, 6) is -2.52. The molecule has 1 aliphatic heterocycles. The molecule has 2 amide bonds. The van der Waals surface area contributed by atoms with Crippen molar-refractivity contribution in [3.05, 3.63) is 71.3 Å². The first kappa shape index (κ1) is 26.2. The maximum Gasteiger partial charge on any atom is 0.251 e. The molecule has 2 fully saturated rings. The molecule has 1 saturated heterocycles. The van der Waals surface area contributed by atoms with E-state index in [1.165, 1.54) is 29.2 Å². The van der Waals surface area contributed by atoms with Crippen LogP contribution in [0.25, 0.3) is 0 Å². The number of benzene rings is 2. The second-order valence-corrected chi connectivity index (χ2v) is 11.3. The lowest BCUT2D eigenvalue weighted by Crippen LogP contribution is -2.54. The summed E-state index contributed by atoms with van der Waals surface area (Å²) in [6.45, 7) is 1.45. The van der Waals surface area contributed by atoms with E-state index in [-0.39, 0.29) is 35.6 Å². The highest BCUT2D eigenvalue weighted by molar-refractivity contribution is 7.91. The van der Waals surface area contributed by atoms with Crippen molar-refractivity contribution in [2.75, 3.05) is 44.4 Å². The van der Waals surface area contributed by atoms with Gasteiger partial charge in [-0.05, 0) is 48.4 Å². The zero-order chi connectivity index (χ0) is 25.7. The lowest BCUT2D eigenvalue weighted by Gasteiger charge is -2.30. The zero-order valence-corrected chi connectivity index (χ0v) is 20.5. The number of sulfone groups is 1. The van der Waals surface area contributed by atoms with Crippen LogP contribution in [0.3, 0.4) is 0 Å². The van der Waals surface area contributed by atoms with Crippen LogP contribution in [0, 0.1) is 11.6 Å². The number of ether oxygens (including phenoxy) is 1. The molecule has 1 saturated carbocycles. The highest BCUT2D eigenvalue weighted by atomic mass is 32.2. The fourth-order valence-corrected chi connectivity index (χ4v) is 5.59. The molecule has 3 unspecified atom stereocenters. The Morgan fingerprint density at radius 1 is 1.00 bits per heavy atom. The molecule has 1 heterocycles. The van der Waals surface area contributed by atoms with Crippen molar-refractivity contribution in [2.45, 2.75) is 24.4 Å². The summed E-state index contributed by atoms with van der Waals surface area (Å²) in [7, 11) is -3.72. The van der Waals surface area contributed by atoms with Crippen LogP contribution >= 0.6 is 0 Å². The van der Waals surface area contributed by atoms with Gasteiger partial charge < -0.3 is 20.3 Å². The number of rotatable bonds is 10. The van der Waals surface area contributed by atoms with Crippen LogP contribution < -0.4 is 10.6 Å². The van der Waals surface area contributed by atoms with Crippen molar-refractivity contribution in [2.24, 2.45) is 0 Å². The Hall–Kier alpha value is -2.89. The van der Waals surface area contributed by atoms with Gasteiger partial charge in [0.15, 0.2) is 9.84 Å². The quantitative estimate of drug-likeness (QED) is 0.491. The first-order valence-corrected chi connectivity index (χ1v) is 13.7. The Balaban J connectivity index is 1.35. The highest BCUT2D eigenvalue weighted by Crippen LogP contribution is 2.40. The lowest BCUT2D eigenvalue weighted by molar-refractivity contribution is -0.136. The van der Waals surface area contributed by atoms with Crippen LogP contribution in [0.2, 0.25) is 0 Å². The average Bonchev–Trinajstić information content (AvgIpc) is 3.63. The van der Waals surface area contributed by atoms with Crippen LogP contribution in [0.5, 0.6) is 0 Å². The Morgan fingerprint density at radius 3 is 2.25 bits per heavy atom. The monoisotopic (exact) mass is 521 g/mol. The molecule has 2 aromatic carbocycles. The largest absolute Gasteiger partial charge is 0.378 e. The van der Waals surface area contributed by atoms with E-state index in [2.05, 4.69) is 10.6 Å². The summed E-state index contributed by atoms with van der Waals surface area (Å²) in [5.41, 5.74) is 1.12. The van der Waals surface area contributed by atoms with Crippen LogP contribution in [0.1, 0.15) is 28.3 Å². The number of carbonyl (C=O) groups excluding carboxylic acids is 2. The topological polar surface area (TPSA) is 105 Å².